The summed E-state index contributed by atoms with van der Waals surface area (Å²) in [5, 5.41) is 3.51. The maximum Gasteiger partial charge on any atom is 0.0366 e. The molecule has 2 nitrogen and oxygen atoms in total. The van der Waals surface area contributed by atoms with Crippen LogP contribution in [0.4, 0.5) is 5.69 Å². The fourth-order valence-corrected chi connectivity index (χ4v) is 1.84. The molecule has 1 aromatic rings. The van der Waals surface area contributed by atoms with Crippen molar-refractivity contribution in [2.24, 2.45) is 0 Å². The molecule has 0 saturated carbocycles. The Morgan fingerprint density at radius 3 is 2.75 bits per heavy atom. The zero-order chi connectivity index (χ0) is 12.0. The summed E-state index contributed by atoms with van der Waals surface area (Å²) < 4.78 is 0. The van der Waals surface area contributed by atoms with E-state index in [1.807, 2.05) is 0 Å². The van der Waals surface area contributed by atoms with Crippen molar-refractivity contribution < 1.29 is 0 Å². The van der Waals surface area contributed by atoms with Crippen LogP contribution in [0.2, 0.25) is 0 Å². The average molecular weight is 220 g/mol. The lowest BCUT2D eigenvalue weighted by Crippen LogP contribution is -2.37. The number of anilines is 1. The molecule has 2 heteroatoms. The number of nitrogens with zero attached hydrogens (tertiary/aromatic N) is 1. The summed E-state index contributed by atoms with van der Waals surface area (Å²) in [7, 11) is 2.15. The highest BCUT2D eigenvalue weighted by Crippen LogP contribution is 2.14. The highest BCUT2D eigenvalue weighted by molar-refractivity contribution is 5.47. The van der Waals surface area contributed by atoms with E-state index < -0.39 is 0 Å². The van der Waals surface area contributed by atoms with Crippen LogP contribution in [0.5, 0.6) is 0 Å². The van der Waals surface area contributed by atoms with Crippen molar-refractivity contribution >= 4 is 5.69 Å². The van der Waals surface area contributed by atoms with Crippen LogP contribution in [0.3, 0.4) is 0 Å². The van der Waals surface area contributed by atoms with Crippen molar-refractivity contribution in [2.45, 2.75) is 33.2 Å². The van der Waals surface area contributed by atoms with Gasteiger partial charge in [0.1, 0.15) is 0 Å². The number of likely N-dealkylation sites (N-methyl/N-ethyl adjacent to an activating group) is 1. The molecule has 0 aromatic heterocycles. The first-order valence-corrected chi connectivity index (χ1v) is 6.14. The Morgan fingerprint density at radius 1 is 1.38 bits per heavy atom. The summed E-state index contributed by atoms with van der Waals surface area (Å²) in [6.07, 6.45) is 1.19. The molecule has 16 heavy (non-hydrogen) atoms. The highest BCUT2D eigenvalue weighted by Gasteiger charge is 2.06. The van der Waals surface area contributed by atoms with Gasteiger partial charge in [-0.05, 0) is 44.5 Å². The lowest BCUT2D eigenvalue weighted by molar-refractivity contribution is 0.544. The number of aryl methyl sites for hydroxylation is 1. The Kier molecular flexibility index (Phi) is 5.33. The van der Waals surface area contributed by atoms with E-state index >= 15 is 0 Å². The third-order valence-corrected chi connectivity index (χ3v) is 2.73. The summed E-state index contributed by atoms with van der Waals surface area (Å²) >= 11 is 0. The number of hydrogen-bond donors (Lipinski definition) is 1. The molecular formula is C14H24N2. The summed E-state index contributed by atoms with van der Waals surface area (Å²) in [4.78, 5) is 2.31. The monoisotopic (exact) mass is 220 g/mol. The van der Waals surface area contributed by atoms with E-state index in [1.165, 1.54) is 17.7 Å². The van der Waals surface area contributed by atoms with Crippen LogP contribution in [0, 0.1) is 6.92 Å². The minimum atomic E-state index is 0.533. The van der Waals surface area contributed by atoms with Crippen LogP contribution in [0.1, 0.15) is 25.8 Å². The van der Waals surface area contributed by atoms with Gasteiger partial charge in [-0.1, -0.05) is 19.1 Å². The molecule has 0 aliphatic rings. The maximum absolute atomic E-state index is 3.51. The molecule has 90 valence electrons. The third-order valence-electron chi connectivity index (χ3n) is 2.73. The van der Waals surface area contributed by atoms with E-state index in [0.29, 0.717) is 6.04 Å². The summed E-state index contributed by atoms with van der Waals surface area (Å²) in [6.45, 7) is 8.72. The molecule has 1 atom stereocenters. The van der Waals surface area contributed by atoms with E-state index in [1.54, 1.807) is 0 Å². The second-order valence-electron chi connectivity index (χ2n) is 4.57. The van der Waals surface area contributed by atoms with Gasteiger partial charge in [-0.25, -0.2) is 0 Å². The Balaban J connectivity index is 2.48. The Hall–Kier alpha value is -1.02. The zero-order valence-corrected chi connectivity index (χ0v) is 11.0. The lowest BCUT2D eigenvalue weighted by Gasteiger charge is -2.24. The molecule has 1 aromatic carbocycles. The van der Waals surface area contributed by atoms with Gasteiger partial charge in [0.15, 0.2) is 0 Å². The molecule has 0 heterocycles. The molecule has 0 saturated heterocycles. The van der Waals surface area contributed by atoms with E-state index in [2.05, 4.69) is 62.3 Å². The first-order valence-electron chi connectivity index (χ1n) is 6.14. The topological polar surface area (TPSA) is 15.3 Å². The lowest BCUT2D eigenvalue weighted by atomic mass is 10.2. The third kappa shape index (κ3) is 4.23. The van der Waals surface area contributed by atoms with Crippen LogP contribution < -0.4 is 10.2 Å². The average Bonchev–Trinajstić information content (AvgIpc) is 2.26. The summed E-state index contributed by atoms with van der Waals surface area (Å²) in [5.41, 5.74) is 2.61. The Bertz CT molecular complexity index is 309. The van der Waals surface area contributed by atoms with Gasteiger partial charge in [-0.15, -0.1) is 0 Å². The number of rotatable bonds is 6. The predicted octanol–water partition coefficient (Wildman–Crippen LogP) is 2.82. The standard InChI is InChI=1S/C14H24N2/c1-5-9-15-13(3)11-16(4)14-8-6-7-12(2)10-14/h6-8,10,13,15H,5,9,11H2,1-4H3. The van der Waals surface area contributed by atoms with Crippen molar-refractivity contribution in [1.29, 1.82) is 0 Å². The van der Waals surface area contributed by atoms with E-state index in [4.69, 9.17) is 0 Å². The fraction of sp³-hybridized carbons (Fsp3) is 0.571. The van der Waals surface area contributed by atoms with Crippen molar-refractivity contribution in [1.82, 2.24) is 5.32 Å². The largest absolute Gasteiger partial charge is 0.373 e. The molecule has 1 unspecified atom stereocenters. The molecule has 1 rings (SSSR count). The fourth-order valence-electron chi connectivity index (χ4n) is 1.84. The SMILES string of the molecule is CCCNC(C)CN(C)c1cccc(C)c1. The first-order chi connectivity index (χ1) is 7.63. The molecule has 0 bridgehead atoms. The van der Waals surface area contributed by atoms with Gasteiger partial charge >= 0.3 is 0 Å². The van der Waals surface area contributed by atoms with Crippen molar-refractivity contribution in [2.75, 3.05) is 25.0 Å². The van der Waals surface area contributed by atoms with Gasteiger partial charge in [0.2, 0.25) is 0 Å². The maximum atomic E-state index is 3.51. The minimum Gasteiger partial charge on any atom is -0.373 e. The van der Waals surface area contributed by atoms with Crippen LogP contribution in [0.15, 0.2) is 24.3 Å². The minimum absolute atomic E-state index is 0.533. The highest BCUT2D eigenvalue weighted by atomic mass is 15.1. The Morgan fingerprint density at radius 2 is 2.12 bits per heavy atom. The van der Waals surface area contributed by atoms with Gasteiger partial charge in [0.05, 0.1) is 0 Å². The van der Waals surface area contributed by atoms with Crippen molar-refractivity contribution in [3.8, 4) is 0 Å². The molecule has 1 N–H and O–H groups in total. The van der Waals surface area contributed by atoms with Crippen LogP contribution in [0.25, 0.3) is 0 Å². The van der Waals surface area contributed by atoms with Gasteiger partial charge in [0.25, 0.3) is 0 Å². The Labute approximate surface area is 99.7 Å². The number of nitrogens with one attached hydrogen (secondary N) is 1. The van der Waals surface area contributed by atoms with E-state index in [-0.39, 0.29) is 0 Å². The van der Waals surface area contributed by atoms with Gasteiger partial charge in [-0.3, -0.25) is 0 Å². The summed E-state index contributed by atoms with van der Waals surface area (Å²) in [5.74, 6) is 0. The van der Waals surface area contributed by atoms with Crippen molar-refractivity contribution in [3.63, 3.8) is 0 Å². The smallest absolute Gasteiger partial charge is 0.0366 e. The van der Waals surface area contributed by atoms with Crippen LogP contribution in [-0.4, -0.2) is 26.2 Å². The second kappa shape index (κ2) is 6.54. The van der Waals surface area contributed by atoms with Gasteiger partial charge in [-0.2, -0.15) is 0 Å². The molecule has 0 radical (unpaired) electrons. The first kappa shape index (κ1) is 13.0. The molecule has 0 amide bonds. The van der Waals surface area contributed by atoms with Crippen LogP contribution >= 0.6 is 0 Å². The number of benzene rings is 1. The quantitative estimate of drug-likeness (QED) is 0.793. The normalized spacial score (nSPS) is 12.5. The predicted molar refractivity (Wildman–Crippen MR) is 72.2 cm³/mol. The van der Waals surface area contributed by atoms with E-state index in [0.717, 1.165) is 13.1 Å². The second-order valence-corrected chi connectivity index (χ2v) is 4.57. The van der Waals surface area contributed by atoms with Crippen molar-refractivity contribution in [3.05, 3.63) is 29.8 Å². The zero-order valence-electron chi connectivity index (χ0n) is 11.0. The summed E-state index contributed by atoms with van der Waals surface area (Å²) in [6, 6.07) is 9.18. The molecular weight excluding hydrogens is 196 g/mol. The van der Waals surface area contributed by atoms with Gasteiger partial charge in [0, 0.05) is 25.3 Å². The van der Waals surface area contributed by atoms with E-state index in [9.17, 15) is 0 Å². The molecule has 0 aliphatic heterocycles. The number of hydrogen-bond acceptors (Lipinski definition) is 2. The van der Waals surface area contributed by atoms with Gasteiger partial charge < -0.3 is 10.2 Å². The van der Waals surface area contributed by atoms with Crippen LogP contribution in [-0.2, 0) is 0 Å². The molecule has 0 spiro atoms. The molecule has 0 aliphatic carbocycles. The molecule has 0 fully saturated rings.